The van der Waals surface area contributed by atoms with Gasteiger partial charge in [0.05, 0.1) is 6.54 Å². The number of carbonyl (C=O) groups is 2. The van der Waals surface area contributed by atoms with Crippen LogP contribution < -0.4 is 15.5 Å². The Bertz CT molecular complexity index is 815. The summed E-state index contributed by atoms with van der Waals surface area (Å²) in [4.78, 5) is 28.6. The highest BCUT2D eigenvalue weighted by Crippen LogP contribution is 2.19. The molecule has 3 N–H and O–H groups in total. The van der Waals surface area contributed by atoms with Crippen molar-refractivity contribution in [3.8, 4) is 5.75 Å². The van der Waals surface area contributed by atoms with Crippen molar-refractivity contribution >= 4 is 23.2 Å². The second-order valence-corrected chi connectivity index (χ2v) is 6.77. The topological polar surface area (TPSA) is 84.9 Å². The summed E-state index contributed by atoms with van der Waals surface area (Å²) in [5.74, 6) is 0.0189. The molecule has 0 unspecified atom stereocenters. The molecule has 1 heterocycles. The maximum atomic E-state index is 12.4. The molecule has 0 aromatic heterocycles. The lowest BCUT2D eigenvalue weighted by Gasteiger charge is -2.35. The van der Waals surface area contributed by atoms with Gasteiger partial charge >= 0.3 is 0 Å². The van der Waals surface area contributed by atoms with Gasteiger partial charge in [0, 0.05) is 49.7 Å². The predicted molar refractivity (Wildman–Crippen MR) is 110 cm³/mol. The van der Waals surface area contributed by atoms with Gasteiger partial charge in [-0.1, -0.05) is 6.07 Å². The molecule has 0 radical (unpaired) electrons. The van der Waals surface area contributed by atoms with Crippen LogP contribution in [0.1, 0.15) is 17.3 Å². The van der Waals surface area contributed by atoms with E-state index in [1.165, 1.54) is 0 Å². The van der Waals surface area contributed by atoms with Crippen LogP contribution in [0.25, 0.3) is 0 Å². The van der Waals surface area contributed by atoms with Crippen molar-refractivity contribution in [2.45, 2.75) is 6.92 Å². The van der Waals surface area contributed by atoms with Crippen LogP contribution >= 0.6 is 0 Å². The monoisotopic (exact) mass is 382 g/mol. The molecule has 28 heavy (non-hydrogen) atoms. The third-order valence-corrected chi connectivity index (χ3v) is 4.70. The minimum Gasteiger partial charge on any atom is -0.508 e. The van der Waals surface area contributed by atoms with Crippen LogP contribution in [0.3, 0.4) is 0 Å². The second kappa shape index (κ2) is 9.23. The highest BCUT2D eigenvalue weighted by molar-refractivity contribution is 5.97. The molecule has 2 aromatic rings. The van der Waals surface area contributed by atoms with E-state index < -0.39 is 0 Å². The van der Waals surface area contributed by atoms with Crippen molar-refractivity contribution in [1.29, 1.82) is 0 Å². The highest BCUT2D eigenvalue weighted by Gasteiger charge is 2.19. The predicted octanol–water partition coefficient (Wildman–Crippen LogP) is 1.90. The number of rotatable bonds is 6. The van der Waals surface area contributed by atoms with E-state index in [1.807, 2.05) is 19.1 Å². The van der Waals surface area contributed by atoms with Gasteiger partial charge in [-0.05, 0) is 49.4 Å². The van der Waals surface area contributed by atoms with Gasteiger partial charge in [-0.25, -0.2) is 0 Å². The number of hydrogen-bond acceptors (Lipinski definition) is 5. The summed E-state index contributed by atoms with van der Waals surface area (Å²) in [6.45, 7) is 5.96. The number of amides is 2. The summed E-state index contributed by atoms with van der Waals surface area (Å²) in [6, 6.07) is 14.1. The largest absolute Gasteiger partial charge is 0.508 e. The third kappa shape index (κ3) is 5.23. The van der Waals surface area contributed by atoms with Gasteiger partial charge in [-0.3, -0.25) is 14.5 Å². The van der Waals surface area contributed by atoms with E-state index in [9.17, 15) is 14.7 Å². The normalized spacial score (nSPS) is 14.5. The Kier molecular flexibility index (Phi) is 6.49. The zero-order valence-electron chi connectivity index (χ0n) is 16.0. The van der Waals surface area contributed by atoms with Gasteiger partial charge < -0.3 is 20.6 Å². The fourth-order valence-corrected chi connectivity index (χ4v) is 3.23. The van der Waals surface area contributed by atoms with Crippen LogP contribution in [0.15, 0.2) is 48.5 Å². The SMILES string of the molecule is CCNC(=O)c1cccc(NC(=O)CN2CCN(c3ccc(O)cc3)CC2)c1. The van der Waals surface area contributed by atoms with Crippen LogP contribution in [-0.2, 0) is 4.79 Å². The van der Waals surface area contributed by atoms with E-state index in [0.29, 0.717) is 24.3 Å². The van der Waals surface area contributed by atoms with E-state index in [0.717, 1.165) is 31.9 Å². The standard InChI is InChI=1S/C21H26N4O3/c1-2-22-21(28)16-4-3-5-17(14-16)23-20(27)15-24-10-12-25(13-11-24)18-6-8-19(26)9-7-18/h3-9,14,26H,2,10-13,15H2,1H3,(H,22,28)(H,23,27). The number of hydrogen-bond donors (Lipinski definition) is 3. The van der Waals surface area contributed by atoms with Crippen molar-refractivity contribution in [1.82, 2.24) is 10.2 Å². The number of nitrogens with one attached hydrogen (secondary N) is 2. The lowest BCUT2D eigenvalue weighted by Crippen LogP contribution is -2.48. The zero-order chi connectivity index (χ0) is 19.9. The van der Waals surface area contributed by atoms with Crippen LogP contribution in [0.2, 0.25) is 0 Å². The molecule has 7 nitrogen and oxygen atoms in total. The first-order chi connectivity index (χ1) is 13.5. The summed E-state index contributed by atoms with van der Waals surface area (Å²) in [5.41, 5.74) is 2.22. The first-order valence-electron chi connectivity index (χ1n) is 9.49. The maximum absolute atomic E-state index is 12.4. The summed E-state index contributed by atoms with van der Waals surface area (Å²) in [7, 11) is 0. The molecular weight excluding hydrogens is 356 g/mol. The molecule has 2 aromatic carbocycles. The number of carbonyl (C=O) groups excluding carboxylic acids is 2. The molecule has 0 atom stereocenters. The summed E-state index contributed by atoms with van der Waals surface area (Å²) >= 11 is 0. The van der Waals surface area contributed by atoms with Crippen molar-refractivity contribution in [3.05, 3.63) is 54.1 Å². The average molecular weight is 382 g/mol. The van der Waals surface area contributed by atoms with E-state index in [-0.39, 0.29) is 17.6 Å². The number of benzene rings is 2. The molecule has 1 fully saturated rings. The number of phenolic OH excluding ortho intramolecular Hbond substituents is 1. The van der Waals surface area contributed by atoms with Gasteiger partial charge in [0.25, 0.3) is 5.91 Å². The lowest BCUT2D eigenvalue weighted by molar-refractivity contribution is -0.117. The summed E-state index contributed by atoms with van der Waals surface area (Å²) in [6.07, 6.45) is 0. The van der Waals surface area contributed by atoms with E-state index in [2.05, 4.69) is 20.4 Å². The molecule has 0 bridgehead atoms. The molecule has 1 aliphatic rings. The van der Waals surface area contributed by atoms with Crippen molar-refractivity contribution < 1.29 is 14.7 Å². The number of phenols is 1. The Morgan fingerprint density at radius 3 is 2.43 bits per heavy atom. The quantitative estimate of drug-likeness (QED) is 0.711. The molecule has 0 spiro atoms. The first kappa shape index (κ1) is 19.7. The van der Waals surface area contributed by atoms with Gasteiger partial charge in [0.1, 0.15) is 5.75 Å². The zero-order valence-corrected chi connectivity index (χ0v) is 16.0. The molecule has 1 aliphatic heterocycles. The van der Waals surface area contributed by atoms with E-state index >= 15 is 0 Å². The third-order valence-electron chi connectivity index (χ3n) is 4.70. The molecule has 148 valence electrons. The molecule has 0 saturated carbocycles. The lowest BCUT2D eigenvalue weighted by atomic mass is 10.2. The Hall–Kier alpha value is -3.06. The average Bonchev–Trinajstić information content (AvgIpc) is 2.69. The molecule has 3 rings (SSSR count). The smallest absolute Gasteiger partial charge is 0.251 e. The van der Waals surface area contributed by atoms with Gasteiger partial charge in [0.2, 0.25) is 5.91 Å². The molecule has 1 saturated heterocycles. The molecule has 2 amide bonds. The van der Waals surface area contributed by atoms with Crippen molar-refractivity contribution in [3.63, 3.8) is 0 Å². The van der Waals surface area contributed by atoms with Crippen LogP contribution in [0.4, 0.5) is 11.4 Å². The highest BCUT2D eigenvalue weighted by atomic mass is 16.3. The van der Waals surface area contributed by atoms with Gasteiger partial charge in [-0.2, -0.15) is 0 Å². The summed E-state index contributed by atoms with van der Waals surface area (Å²) < 4.78 is 0. The van der Waals surface area contributed by atoms with E-state index in [1.54, 1.807) is 36.4 Å². The Morgan fingerprint density at radius 2 is 1.75 bits per heavy atom. The Morgan fingerprint density at radius 1 is 1.04 bits per heavy atom. The number of nitrogens with zero attached hydrogens (tertiary/aromatic N) is 2. The van der Waals surface area contributed by atoms with Crippen LogP contribution in [0.5, 0.6) is 5.75 Å². The van der Waals surface area contributed by atoms with Crippen LogP contribution in [0, 0.1) is 0 Å². The summed E-state index contributed by atoms with van der Waals surface area (Å²) in [5, 5.41) is 15.0. The van der Waals surface area contributed by atoms with Crippen molar-refractivity contribution in [2.24, 2.45) is 0 Å². The molecule has 7 heteroatoms. The number of piperazine rings is 1. The maximum Gasteiger partial charge on any atom is 0.251 e. The van der Waals surface area contributed by atoms with Gasteiger partial charge in [-0.15, -0.1) is 0 Å². The fourth-order valence-electron chi connectivity index (χ4n) is 3.23. The molecule has 0 aliphatic carbocycles. The fraction of sp³-hybridized carbons (Fsp3) is 0.333. The van der Waals surface area contributed by atoms with E-state index in [4.69, 9.17) is 0 Å². The molecular formula is C21H26N4O3. The number of aromatic hydroxyl groups is 1. The minimum absolute atomic E-state index is 0.0915. The van der Waals surface area contributed by atoms with Crippen LogP contribution in [-0.4, -0.2) is 61.1 Å². The Labute approximate surface area is 165 Å². The second-order valence-electron chi connectivity index (χ2n) is 6.77. The van der Waals surface area contributed by atoms with Gasteiger partial charge in [0.15, 0.2) is 0 Å². The minimum atomic E-state index is -0.149. The first-order valence-corrected chi connectivity index (χ1v) is 9.49. The van der Waals surface area contributed by atoms with Crippen molar-refractivity contribution in [2.75, 3.05) is 49.5 Å². The number of anilines is 2. The Balaban J connectivity index is 1.49.